The summed E-state index contributed by atoms with van der Waals surface area (Å²) in [6.07, 6.45) is 0. The zero-order chi connectivity index (χ0) is 6.69. The van der Waals surface area contributed by atoms with E-state index in [0.717, 1.165) is 10.0 Å². The predicted molar refractivity (Wildman–Crippen MR) is 42.5 cm³/mol. The molecule has 0 N–H and O–H groups in total. The van der Waals surface area contributed by atoms with Crippen molar-refractivity contribution >= 4 is 27.5 Å². The smallest absolute Gasteiger partial charge is 0.0485 e. The van der Waals surface area contributed by atoms with E-state index in [4.69, 9.17) is 11.6 Å². The summed E-state index contributed by atoms with van der Waals surface area (Å²) in [5.41, 5.74) is 1.11. The van der Waals surface area contributed by atoms with Crippen LogP contribution in [0.4, 0.5) is 0 Å². The Morgan fingerprint density at radius 1 is 1.67 bits per heavy atom. The van der Waals surface area contributed by atoms with Gasteiger partial charge in [0.25, 0.3) is 0 Å². The number of hydrogen-bond acceptors (Lipinski definition) is 0. The van der Waals surface area contributed by atoms with E-state index in [-0.39, 0.29) is 0 Å². The first-order valence-corrected chi connectivity index (χ1v) is 3.88. The summed E-state index contributed by atoms with van der Waals surface area (Å²) in [6.45, 7) is 0. The van der Waals surface area contributed by atoms with Crippen molar-refractivity contribution in [3.63, 3.8) is 0 Å². The highest BCUT2D eigenvalue weighted by Crippen LogP contribution is 2.16. The molecular formula is C7H5BrCl. The van der Waals surface area contributed by atoms with Crippen molar-refractivity contribution in [2.24, 2.45) is 0 Å². The molecule has 0 heterocycles. The van der Waals surface area contributed by atoms with Crippen LogP contribution in [0.2, 0.25) is 0 Å². The normalized spacial score (nSPS) is 9.56. The molecule has 2 heteroatoms. The van der Waals surface area contributed by atoms with Crippen LogP contribution < -0.4 is 0 Å². The molecule has 0 fully saturated rings. The first-order valence-electron chi connectivity index (χ1n) is 2.55. The second kappa shape index (κ2) is 3.23. The van der Waals surface area contributed by atoms with Gasteiger partial charge < -0.3 is 0 Å². The lowest BCUT2D eigenvalue weighted by Gasteiger charge is -1.95. The highest BCUT2D eigenvalue weighted by atomic mass is 79.9. The van der Waals surface area contributed by atoms with Crippen molar-refractivity contribution in [3.05, 3.63) is 34.3 Å². The number of rotatable bonds is 1. The summed E-state index contributed by atoms with van der Waals surface area (Å²) in [4.78, 5) is 0. The van der Waals surface area contributed by atoms with E-state index >= 15 is 0 Å². The van der Waals surface area contributed by atoms with Crippen molar-refractivity contribution in [1.29, 1.82) is 0 Å². The van der Waals surface area contributed by atoms with Gasteiger partial charge in [0.2, 0.25) is 0 Å². The van der Waals surface area contributed by atoms with Gasteiger partial charge in [-0.15, -0.1) is 11.6 Å². The van der Waals surface area contributed by atoms with Crippen molar-refractivity contribution in [1.82, 2.24) is 0 Å². The maximum atomic E-state index is 5.59. The topological polar surface area (TPSA) is 0 Å². The number of halogens is 2. The van der Waals surface area contributed by atoms with Gasteiger partial charge in [-0.2, -0.15) is 0 Å². The molecule has 1 aromatic carbocycles. The second-order valence-electron chi connectivity index (χ2n) is 1.65. The van der Waals surface area contributed by atoms with Crippen LogP contribution in [0.1, 0.15) is 5.56 Å². The van der Waals surface area contributed by atoms with Gasteiger partial charge >= 0.3 is 0 Å². The van der Waals surface area contributed by atoms with Crippen LogP contribution in [0.3, 0.4) is 0 Å². The van der Waals surface area contributed by atoms with Gasteiger partial charge in [0, 0.05) is 10.4 Å². The number of alkyl halides is 1. The van der Waals surface area contributed by atoms with E-state index in [9.17, 15) is 0 Å². The average Bonchev–Trinajstić information content (AvgIpc) is 1.89. The zero-order valence-electron chi connectivity index (χ0n) is 4.70. The van der Waals surface area contributed by atoms with E-state index in [0.29, 0.717) is 5.88 Å². The van der Waals surface area contributed by atoms with Crippen molar-refractivity contribution in [3.8, 4) is 0 Å². The molecule has 0 saturated heterocycles. The lowest BCUT2D eigenvalue weighted by molar-refractivity contribution is 1.37. The highest BCUT2D eigenvalue weighted by molar-refractivity contribution is 9.10. The summed E-state index contributed by atoms with van der Waals surface area (Å²) < 4.78 is 1.03. The van der Waals surface area contributed by atoms with Gasteiger partial charge in [0.05, 0.1) is 0 Å². The first kappa shape index (κ1) is 7.10. The lowest BCUT2D eigenvalue weighted by atomic mass is 10.2. The summed E-state index contributed by atoms with van der Waals surface area (Å²) in [5.74, 6) is 0.551. The van der Waals surface area contributed by atoms with Crippen LogP contribution in [-0.4, -0.2) is 0 Å². The van der Waals surface area contributed by atoms with Gasteiger partial charge in [-0.3, -0.25) is 0 Å². The minimum Gasteiger partial charge on any atom is -0.122 e. The van der Waals surface area contributed by atoms with Gasteiger partial charge in [-0.05, 0) is 17.7 Å². The van der Waals surface area contributed by atoms with Gasteiger partial charge in [0.15, 0.2) is 0 Å². The molecule has 0 saturated carbocycles. The molecule has 1 aromatic rings. The molecule has 47 valence electrons. The van der Waals surface area contributed by atoms with Crippen LogP contribution in [0.15, 0.2) is 22.7 Å². The standard InChI is InChI=1S/C7H5BrCl/c8-7-4-2-1-3-6(7)5-9/h1,3-4H,5H2. The third-order valence-electron chi connectivity index (χ3n) is 1.04. The molecule has 0 nitrogen and oxygen atoms in total. The molecule has 0 spiro atoms. The Balaban J connectivity index is 3.01. The van der Waals surface area contributed by atoms with Crippen molar-refractivity contribution in [2.45, 2.75) is 5.88 Å². The molecule has 9 heavy (non-hydrogen) atoms. The fourth-order valence-electron chi connectivity index (χ4n) is 0.551. The van der Waals surface area contributed by atoms with Crippen LogP contribution in [0.5, 0.6) is 0 Å². The fraction of sp³-hybridized carbons (Fsp3) is 0.143. The average molecular weight is 204 g/mol. The summed E-state index contributed by atoms with van der Waals surface area (Å²) in [7, 11) is 0. The quantitative estimate of drug-likeness (QED) is 0.617. The summed E-state index contributed by atoms with van der Waals surface area (Å²) >= 11 is 8.93. The van der Waals surface area contributed by atoms with E-state index in [2.05, 4.69) is 22.0 Å². The Morgan fingerprint density at radius 3 is 2.89 bits per heavy atom. The SMILES string of the molecule is ClCc1cc[c]cc1Br. The van der Waals surface area contributed by atoms with Crippen LogP contribution in [0.25, 0.3) is 0 Å². The molecule has 0 atom stereocenters. The molecule has 1 radical (unpaired) electrons. The third-order valence-corrected chi connectivity index (χ3v) is 2.07. The highest BCUT2D eigenvalue weighted by Gasteiger charge is 1.92. The third kappa shape index (κ3) is 1.70. The molecule has 0 unspecified atom stereocenters. The van der Waals surface area contributed by atoms with E-state index < -0.39 is 0 Å². The molecule has 0 aliphatic carbocycles. The maximum absolute atomic E-state index is 5.59. The Bertz CT molecular complexity index is 198. The van der Waals surface area contributed by atoms with Crippen LogP contribution >= 0.6 is 27.5 Å². The fourth-order valence-corrected chi connectivity index (χ4v) is 1.35. The lowest BCUT2D eigenvalue weighted by Crippen LogP contribution is -1.76. The zero-order valence-corrected chi connectivity index (χ0v) is 7.04. The second-order valence-corrected chi connectivity index (χ2v) is 2.77. The van der Waals surface area contributed by atoms with Crippen LogP contribution in [0, 0.1) is 6.07 Å². The summed E-state index contributed by atoms with van der Waals surface area (Å²) in [5, 5.41) is 0. The number of hydrogen-bond donors (Lipinski definition) is 0. The molecule has 1 rings (SSSR count). The molecule has 0 aliphatic heterocycles. The van der Waals surface area contributed by atoms with Crippen LogP contribution in [-0.2, 0) is 5.88 Å². The molecule has 0 amide bonds. The molecular weight excluding hydrogens is 199 g/mol. The minimum atomic E-state index is 0.551. The maximum Gasteiger partial charge on any atom is 0.0485 e. The van der Waals surface area contributed by atoms with Gasteiger partial charge in [-0.25, -0.2) is 0 Å². The Hall–Kier alpha value is -0.0100. The predicted octanol–water partition coefficient (Wildman–Crippen LogP) is 2.99. The Morgan fingerprint density at radius 2 is 2.44 bits per heavy atom. The monoisotopic (exact) mass is 203 g/mol. The minimum absolute atomic E-state index is 0.551. The van der Waals surface area contributed by atoms with Crippen molar-refractivity contribution < 1.29 is 0 Å². The largest absolute Gasteiger partial charge is 0.122 e. The van der Waals surface area contributed by atoms with E-state index in [1.165, 1.54) is 0 Å². The van der Waals surface area contributed by atoms with E-state index in [1.54, 1.807) is 0 Å². The Kier molecular flexibility index (Phi) is 2.55. The molecule has 0 bridgehead atoms. The molecule has 0 aromatic heterocycles. The molecule has 0 aliphatic rings. The first-order chi connectivity index (χ1) is 4.34. The van der Waals surface area contributed by atoms with Gasteiger partial charge in [-0.1, -0.05) is 28.1 Å². The van der Waals surface area contributed by atoms with Crippen molar-refractivity contribution in [2.75, 3.05) is 0 Å². The number of benzene rings is 1. The van der Waals surface area contributed by atoms with E-state index in [1.807, 2.05) is 18.2 Å². The Labute approximate surface area is 68.0 Å². The van der Waals surface area contributed by atoms with Gasteiger partial charge in [0.1, 0.15) is 0 Å². The summed E-state index contributed by atoms with van der Waals surface area (Å²) in [6, 6.07) is 8.58.